The largest absolute Gasteiger partial charge is 0.352 e. The van der Waals surface area contributed by atoms with E-state index in [9.17, 15) is 14.0 Å². The fourth-order valence-electron chi connectivity index (χ4n) is 1.92. The summed E-state index contributed by atoms with van der Waals surface area (Å²) in [5, 5.41) is 5.71. The summed E-state index contributed by atoms with van der Waals surface area (Å²) in [6.07, 6.45) is 0.150. The number of halogens is 2. The third-order valence-corrected chi connectivity index (χ3v) is 3.49. The molecule has 0 atom stereocenters. The van der Waals surface area contributed by atoms with Crippen LogP contribution in [0.1, 0.15) is 22.3 Å². The highest BCUT2D eigenvalue weighted by atomic mass is 35.5. The molecule has 2 N–H and O–H groups in total. The van der Waals surface area contributed by atoms with Gasteiger partial charge in [-0.2, -0.15) is 0 Å². The molecule has 0 saturated carbocycles. The standard InChI is InChI=1S/C17H16ClFN2O2/c18-15-4-2-1-3-14(15)17(23)20-10-9-16(22)21-11-12-5-7-13(19)8-6-12/h1-8H,9-11H2,(H,20,23)(H,21,22). The first kappa shape index (κ1) is 17.0. The lowest BCUT2D eigenvalue weighted by atomic mass is 10.2. The Kier molecular flexibility index (Phi) is 6.11. The molecule has 0 spiro atoms. The van der Waals surface area contributed by atoms with E-state index >= 15 is 0 Å². The number of benzene rings is 2. The van der Waals surface area contributed by atoms with Gasteiger partial charge in [0.05, 0.1) is 10.6 Å². The number of hydrogen-bond acceptors (Lipinski definition) is 2. The van der Waals surface area contributed by atoms with Crippen LogP contribution in [0.15, 0.2) is 48.5 Å². The van der Waals surface area contributed by atoms with Crippen molar-refractivity contribution in [2.24, 2.45) is 0 Å². The van der Waals surface area contributed by atoms with Crippen molar-refractivity contribution in [2.45, 2.75) is 13.0 Å². The molecule has 2 rings (SSSR count). The van der Waals surface area contributed by atoms with Crippen LogP contribution >= 0.6 is 11.6 Å². The van der Waals surface area contributed by atoms with Crippen molar-refractivity contribution in [2.75, 3.05) is 6.54 Å². The Morgan fingerprint density at radius 1 is 1.00 bits per heavy atom. The maximum absolute atomic E-state index is 12.8. The maximum atomic E-state index is 12.8. The minimum Gasteiger partial charge on any atom is -0.352 e. The second kappa shape index (κ2) is 8.29. The molecule has 0 aromatic heterocycles. The summed E-state index contributed by atoms with van der Waals surface area (Å²) in [5.41, 5.74) is 1.18. The van der Waals surface area contributed by atoms with Gasteiger partial charge in [0, 0.05) is 19.5 Å². The Morgan fingerprint density at radius 3 is 2.39 bits per heavy atom. The molecule has 120 valence electrons. The van der Waals surface area contributed by atoms with Gasteiger partial charge in [0.15, 0.2) is 0 Å². The average molecular weight is 335 g/mol. The van der Waals surface area contributed by atoms with Crippen molar-refractivity contribution < 1.29 is 14.0 Å². The van der Waals surface area contributed by atoms with Gasteiger partial charge in [0.2, 0.25) is 5.91 Å². The maximum Gasteiger partial charge on any atom is 0.252 e. The average Bonchev–Trinajstić information content (AvgIpc) is 2.54. The van der Waals surface area contributed by atoms with Crippen molar-refractivity contribution in [3.05, 3.63) is 70.5 Å². The molecular weight excluding hydrogens is 319 g/mol. The molecule has 0 saturated heterocycles. The molecule has 0 bridgehead atoms. The molecule has 0 aliphatic heterocycles. The van der Waals surface area contributed by atoms with Crippen LogP contribution in [-0.2, 0) is 11.3 Å². The van der Waals surface area contributed by atoms with E-state index in [4.69, 9.17) is 11.6 Å². The fourth-order valence-corrected chi connectivity index (χ4v) is 2.14. The zero-order valence-corrected chi connectivity index (χ0v) is 13.1. The third-order valence-electron chi connectivity index (χ3n) is 3.16. The van der Waals surface area contributed by atoms with Gasteiger partial charge >= 0.3 is 0 Å². The van der Waals surface area contributed by atoms with Crippen LogP contribution < -0.4 is 10.6 Å². The predicted molar refractivity (Wildman–Crippen MR) is 86.6 cm³/mol. The second-order valence-corrected chi connectivity index (χ2v) is 5.30. The van der Waals surface area contributed by atoms with Crippen molar-refractivity contribution in [1.82, 2.24) is 10.6 Å². The Morgan fingerprint density at radius 2 is 1.70 bits per heavy atom. The van der Waals surface area contributed by atoms with Gasteiger partial charge in [-0.3, -0.25) is 9.59 Å². The van der Waals surface area contributed by atoms with Gasteiger partial charge in [-0.05, 0) is 29.8 Å². The monoisotopic (exact) mass is 334 g/mol. The highest BCUT2D eigenvalue weighted by Gasteiger charge is 2.09. The van der Waals surface area contributed by atoms with Crippen LogP contribution in [-0.4, -0.2) is 18.4 Å². The Balaban J connectivity index is 1.71. The molecule has 23 heavy (non-hydrogen) atoms. The van der Waals surface area contributed by atoms with Gasteiger partial charge < -0.3 is 10.6 Å². The minimum absolute atomic E-state index is 0.150. The number of carbonyl (C=O) groups is 2. The molecule has 4 nitrogen and oxygen atoms in total. The molecular formula is C17H16ClFN2O2. The number of hydrogen-bond donors (Lipinski definition) is 2. The quantitative estimate of drug-likeness (QED) is 0.853. The smallest absolute Gasteiger partial charge is 0.252 e. The number of carbonyl (C=O) groups excluding carboxylic acids is 2. The highest BCUT2D eigenvalue weighted by Crippen LogP contribution is 2.14. The molecule has 2 aromatic carbocycles. The normalized spacial score (nSPS) is 10.2. The van der Waals surface area contributed by atoms with Crippen LogP contribution in [0.4, 0.5) is 4.39 Å². The van der Waals surface area contributed by atoms with E-state index in [0.29, 0.717) is 17.1 Å². The third kappa shape index (κ3) is 5.38. The summed E-state index contributed by atoms with van der Waals surface area (Å²) in [5.74, 6) is -0.835. The lowest BCUT2D eigenvalue weighted by Crippen LogP contribution is -2.30. The zero-order valence-electron chi connectivity index (χ0n) is 12.3. The summed E-state index contributed by atoms with van der Waals surface area (Å²) in [4.78, 5) is 23.6. The van der Waals surface area contributed by atoms with E-state index in [2.05, 4.69) is 10.6 Å². The summed E-state index contributed by atoms with van der Waals surface area (Å²) in [6.45, 7) is 0.525. The first-order valence-electron chi connectivity index (χ1n) is 7.10. The van der Waals surface area contributed by atoms with Gasteiger partial charge in [0.25, 0.3) is 5.91 Å². The van der Waals surface area contributed by atoms with Crippen molar-refractivity contribution in [3.8, 4) is 0 Å². The Labute approximate surface area is 138 Å². The first-order chi connectivity index (χ1) is 11.1. The van der Waals surface area contributed by atoms with Crippen molar-refractivity contribution in [3.63, 3.8) is 0 Å². The molecule has 2 amide bonds. The molecule has 0 heterocycles. The van der Waals surface area contributed by atoms with E-state index < -0.39 is 0 Å². The SMILES string of the molecule is O=C(CCNC(=O)c1ccccc1Cl)NCc1ccc(F)cc1. The van der Waals surface area contributed by atoms with Gasteiger partial charge in [-0.1, -0.05) is 35.9 Å². The van der Waals surface area contributed by atoms with Crippen LogP contribution in [0.2, 0.25) is 5.02 Å². The molecule has 0 aliphatic rings. The number of nitrogens with one attached hydrogen (secondary N) is 2. The van der Waals surface area contributed by atoms with Gasteiger partial charge in [0.1, 0.15) is 5.82 Å². The van der Waals surface area contributed by atoms with Crippen molar-refractivity contribution >= 4 is 23.4 Å². The van der Waals surface area contributed by atoms with E-state index in [-0.39, 0.29) is 30.6 Å². The van der Waals surface area contributed by atoms with Crippen LogP contribution in [0.3, 0.4) is 0 Å². The van der Waals surface area contributed by atoms with Gasteiger partial charge in [-0.25, -0.2) is 4.39 Å². The summed E-state index contributed by atoms with van der Waals surface area (Å²) >= 11 is 5.92. The molecule has 0 radical (unpaired) electrons. The minimum atomic E-state index is -0.318. The van der Waals surface area contributed by atoms with E-state index in [0.717, 1.165) is 5.56 Å². The van der Waals surface area contributed by atoms with E-state index in [1.807, 2.05) is 0 Å². The van der Waals surface area contributed by atoms with Gasteiger partial charge in [-0.15, -0.1) is 0 Å². The van der Waals surface area contributed by atoms with Crippen molar-refractivity contribution in [1.29, 1.82) is 0 Å². The zero-order chi connectivity index (χ0) is 16.7. The summed E-state index contributed by atoms with van der Waals surface area (Å²) in [6, 6.07) is 12.6. The van der Waals surface area contributed by atoms with Crippen LogP contribution in [0, 0.1) is 5.82 Å². The number of amides is 2. The highest BCUT2D eigenvalue weighted by molar-refractivity contribution is 6.33. The predicted octanol–water partition coefficient (Wildman–Crippen LogP) is 2.92. The Hall–Kier alpha value is -2.40. The number of rotatable bonds is 6. The van der Waals surface area contributed by atoms with E-state index in [1.165, 1.54) is 12.1 Å². The molecule has 2 aromatic rings. The Bertz CT molecular complexity index is 689. The molecule has 0 unspecified atom stereocenters. The lowest BCUT2D eigenvalue weighted by Gasteiger charge is -2.08. The summed E-state index contributed by atoms with van der Waals surface area (Å²) in [7, 11) is 0. The first-order valence-corrected chi connectivity index (χ1v) is 7.48. The fraction of sp³-hybridized carbons (Fsp3) is 0.176. The molecule has 0 fully saturated rings. The van der Waals surface area contributed by atoms with E-state index in [1.54, 1.807) is 36.4 Å². The topological polar surface area (TPSA) is 58.2 Å². The molecule has 6 heteroatoms. The summed E-state index contributed by atoms with van der Waals surface area (Å²) < 4.78 is 12.8. The van der Waals surface area contributed by atoms with Crippen LogP contribution in [0.25, 0.3) is 0 Å². The lowest BCUT2D eigenvalue weighted by molar-refractivity contribution is -0.121. The second-order valence-electron chi connectivity index (χ2n) is 4.89. The van der Waals surface area contributed by atoms with Crippen LogP contribution in [0.5, 0.6) is 0 Å². The molecule has 0 aliphatic carbocycles.